The molecule has 27 heavy (non-hydrogen) atoms. The number of halogens is 1. The first-order valence-electron chi connectivity index (χ1n) is 9.84. The summed E-state index contributed by atoms with van der Waals surface area (Å²) < 4.78 is 21.5. The van der Waals surface area contributed by atoms with Crippen LogP contribution in [0.2, 0.25) is 0 Å². The summed E-state index contributed by atoms with van der Waals surface area (Å²) in [5, 5.41) is 8.96. The molecule has 0 N–H and O–H groups in total. The molecule has 0 spiro atoms. The lowest BCUT2D eigenvalue weighted by Crippen LogP contribution is -2.36. The van der Waals surface area contributed by atoms with E-state index < -0.39 is 0 Å². The highest BCUT2D eigenvalue weighted by atomic mass is 19.1. The summed E-state index contributed by atoms with van der Waals surface area (Å²) in [5.41, 5.74) is 0.780. The molecule has 4 rings (SSSR count). The highest BCUT2D eigenvalue weighted by Crippen LogP contribution is 2.28. The molecule has 2 aromatic rings. The van der Waals surface area contributed by atoms with E-state index in [2.05, 4.69) is 31.6 Å². The second kappa shape index (κ2) is 8.46. The van der Waals surface area contributed by atoms with Crippen LogP contribution < -0.4 is 0 Å². The topological polar surface area (TPSA) is 46.4 Å². The van der Waals surface area contributed by atoms with Crippen molar-refractivity contribution in [2.45, 2.75) is 31.8 Å². The van der Waals surface area contributed by atoms with Crippen molar-refractivity contribution in [1.82, 2.24) is 24.6 Å². The molecule has 0 radical (unpaired) electrons. The highest BCUT2D eigenvalue weighted by Gasteiger charge is 2.26. The summed E-state index contributed by atoms with van der Waals surface area (Å²) in [6, 6.07) is 7.06. The van der Waals surface area contributed by atoms with Gasteiger partial charge < -0.3 is 9.30 Å². The zero-order valence-corrected chi connectivity index (χ0v) is 16.0. The predicted molar refractivity (Wildman–Crippen MR) is 101 cm³/mol. The van der Waals surface area contributed by atoms with Crippen LogP contribution in [-0.2, 0) is 24.9 Å². The number of piperidine rings is 1. The summed E-state index contributed by atoms with van der Waals surface area (Å²) >= 11 is 0. The van der Waals surface area contributed by atoms with Crippen molar-refractivity contribution in [3.8, 4) is 0 Å². The molecule has 146 valence electrons. The van der Waals surface area contributed by atoms with Crippen LogP contribution in [0.3, 0.4) is 0 Å². The third-order valence-corrected chi connectivity index (χ3v) is 5.77. The molecule has 2 saturated heterocycles. The van der Waals surface area contributed by atoms with Gasteiger partial charge in [-0.3, -0.25) is 9.80 Å². The maximum atomic E-state index is 13.9. The van der Waals surface area contributed by atoms with Crippen molar-refractivity contribution in [2.75, 3.05) is 39.4 Å². The number of aromatic nitrogens is 3. The van der Waals surface area contributed by atoms with Crippen molar-refractivity contribution in [3.05, 3.63) is 47.3 Å². The minimum absolute atomic E-state index is 0.110. The van der Waals surface area contributed by atoms with Crippen LogP contribution in [0.15, 0.2) is 24.3 Å². The standard InChI is InChI=1S/C20H28FN5O/c1-24-19(15-26-10-12-27-13-11-26)22-23-20(24)16-6-8-25(9-7-16)14-17-4-2-3-5-18(17)21/h2-5,16H,6-15H2,1H3. The molecule has 1 aromatic heterocycles. The van der Waals surface area contributed by atoms with Gasteiger partial charge in [-0.05, 0) is 32.0 Å². The van der Waals surface area contributed by atoms with Crippen LogP contribution in [-0.4, -0.2) is 64.0 Å². The molecule has 0 unspecified atom stereocenters. The third-order valence-electron chi connectivity index (χ3n) is 5.77. The largest absolute Gasteiger partial charge is 0.379 e. The highest BCUT2D eigenvalue weighted by molar-refractivity contribution is 5.17. The van der Waals surface area contributed by atoms with Crippen LogP contribution in [0.1, 0.15) is 36.0 Å². The number of benzene rings is 1. The molecule has 2 fully saturated rings. The van der Waals surface area contributed by atoms with Crippen molar-refractivity contribution >= 4 is 0 Å². The van der Waals surface area contributed by atoms with Crippen LogP contribution in [0.4, 0.5) is 4.39 Å². The van der Waals surface area contributed by atoms with Gasteiger partial charge in [0.05, 0.1) is 19.8 Å². The van der Waals surface area contributed by atoms with Gasteiger partial charge in [0.15, 0.2) is 0 Å². The maximum absolute atomic E-state index is 13.9. The summed E-state index contributed by atoms with van der Waals surface area (Å²) in [7, 11) is 2.08. The maximum Gasteiger partial charge on any atom is 0.146 e. The van der Waals surface area contributed by atoms with Gasteiger partial charge in [-0.1, -0.05) is 18.2 Å². The monoisotopic (exact) mass is 373 g/mol. The van der Waals surface area contributed by atoms with Crippen LogP contribution in [0.5, 0.6) is 0 Å². The Kier molecular flexibility index (Phi) is 5.80. The molecule has 2 aliphatic heterocycles. The number of hydrogen-bond acceptors (Lipinski definition) is 5. The second-order valence-electron chi connectivity index (χ2n) is 7.56. The van der Waals surface area contributed by atoms with E-state index in [1.807, 2.05) is 12.1 Å². The van der Waals surface area contributed by atoms with E-state index in [0.29, 0.717) is 12.5 Å². The number of likely N-dealkylation sites (tertiary alicyclic amines) is 1. The van der Waals surface area contributed by atoms with E-state index in [9.17, 15) is 4.39 Å². The molecular formula is C20H28FN5O. The Bertz CT molecular complexity index is 751. The van der Waals surface area contributed by atoms with Crippen molar-refractivity contribution < 1.29 is 9.13 Å². The Labute approximate surface area is 159 Å². The van der Waals surface area contributed by atoms with E-state index in [-0.39, 0.29) is 5.82 Å². The van der Waals surface area contributed by atoms with Gasteiger partial charge in [-0.2, -0.15) is 0 Å². The molecule has 0 atom stereocenters. The van der Waals surface area contributed by atoms with Gasteiger partial charge in [0.25, 0.3) is 0 Å². The number of rotatable bonds is 5. The van der Waals surface area contributed by atoms with E-state index in [4.69, 9.17) is 4.74 Å². The average molecular weight is 373 g/mol. The summed E-state index contributed by atoms with van der Waals surface area (Å²) in [6.07, 6.45) is 2.08. The molecule has 0 saturated carbocycles. The molecule has 3 heterocycles. The molecule has 1 aromatic carbocycles. The number of ether oxygens (including phenoxy) is 1. The summed E-state index contributed by atoms with van der Waals surface area (Å²) in [4.78, 5) is 4.70. The van der Waals surface area contributed by atoms with E-state index >= 15 is 0 Å². The van der Waals surface area contributed by atoms with E-state index in [0.717, 1.165) is 76.0 Å². The van der Waals surface area contributed by atoms with Gasteiger partial charge in [-0.25, -0.2) is 4.39 Å². The summed E-state index contributed by atoms with van der Waals surface area (Å²) in [6.45, 7) is 6.94. The zero-order chi connectivity index (χ0) is 18.6. The van der Waals surface area contributed by atoms with E-state index in [1.54, 1.807) is 6.07 Å². The third kappa shape index (κ3) is 4.36. The first-order valence-corrected chi connectivity index (χ1v) is 9.84. The van der Waals surface area contributed by atoms with Gasteiger partial charge in [0.1, 0.15) is 17.5 Å². The fraction of sp³-hybridized carbons (Fsp3) is 0.600. The Morgan fingerprint density at radius 1 is 1.00 bits per heavy atom. The Balaban J connectivity index is 1.33. The minimum Gasteiger partial charge on any atom is -0.379 e. The Hall–Kier alpha value is -1.83. The molecule has 6 nitrogen and oxygen atoms in total. The SMILES string of the molecule is Cn1c(CN2CCOCC2)nnc1C1CCN(Cc2ccccc2F)CC1. The zero-order valence-electron chi connectivity index (χ0n) is 16.0. The van der Waals surface area contributed by atoms with Crippen LogP contribution >= 0.6 is 0 Å². The van der Waals surface area contributed by atoms with Gasteiger partial charge in [-0.15, -0.1) is 10.2 Å². The molecule has 0 aliphatic carbocycles. The summed E-state index contributed by atoms with van der Waals surface area (Å²) in [5.74, 6) is 2.43. The number of nitrogens with zero attached hydrogens (tertiary/aromatic N) is 5. The van der Waals surface area contributed by atoms with E-state index in [1.165, 1.54) is 6.07 Å². The van der Waals surface area contributed by atoms with Gasteiger partial charge in [0, 0.05) is 38.2 Å². The fourth-order valence-electron chi connectivity index (χ4n) is 4.04. The fourth-order valence-corrected chi connectivity index (χ4v) is 4.04. The molecule has 2 aliphatic rings. The first-order chi connectivity index (χ1) is 13.2. The lowest BCUT2D eigenvalue weighted by atomic mass is 9.95. The van der Waals surface area contributed by atoms with Crippen molar-refractivity contribution in [1.29, 1.82) is 0 Å². The quantitative estimate of drug-likeness (QED) is 0.804. The Morgan fingerprint density at radius 3 is 2.44 bits per heavy atom. The molecule has 0 bridgehead atoms. The lowest BCUT2D eigenvalue weighted by molar-refractivity contribution is 0.0326. The van der Waals surface area contributed by atoms with Crippen molar-refractivity contribution in [3.63, 3.8) is 0 Å². The molecular weight excluding hydrogens is 345 g/mol. The van der Waals surface area contributed by atoms with Crippen LogP contribution in [0.25, 0.3) is 0 Å². The number of hydrogen-bond donors (Lipinski definition) is 0. The Morgan fingerprint density at radius 2 is 1.70 bits per heavy atom. The second-order valence-corrected chi connectivity index (χ2v) is 7.56. The average Bonchev–Trinajstić information content (AvgIpc) is 3.05. The lowest BCUT2D eigenvalue weighted by Gasteiger charge is -2.31. The van der Waals surface area contributed by atoms with Crippen LogP contribution in [0, 0.1) is 5.82 Å². The smallest absolute Gasteiger partial charge is 0.146 e. The predicted octanol–water partition coefficient (Wildman–Crippen LogP) is 2.17. The van der Waals surface area contributed by atoms with Gasteiger partial charge in [0.2, 0.25) is 0 Å². The molecule has 7 heteroatoms. The number of morpholine rings is 1. The first kappa shape index (κ1) is 18.5. The van der Waals surface area contributed by atoms with Crippen molar-refractivity contribution in [2.24, 2.45) is 7.05 Å². The van der Waals surface area contributed by atoms with Gasteiger partial charge >= 0.3 is 0 Å². The normalized spacial score (nSPS) is 20.2. The minimum atomic E-state index is -0.110. The molecule has 0 amide bonds.